The summed E-state index contributed by atoms with van der Waals surface area (Å²) in [5.74, 6) is -2.71. The van der Waals surface area contributed by atoms with E-state index in [-0.39, 0.29) is 16.3 Å². The molecule has 0 radical (unpaired) electrons. The van der Waals surface area contributed by atoms with E-state index < -0.39 is 28.8 Å². The van der Waals surface area contributed by atoms with Crippen LogP contribution in [-0.4, -0.2) is 27.3 Å². The number of esters is 1. The number of hydrogen-bond donors (Lipinski definition) is 1. The smallest absolute Gasteiger partial charge is 0.336 e. The number of aliphatic carboxylic acids is 1. The standard InChI is InChI=1S/C10H7Cl2NO6/c11-7-2-1-6(13(17)18)3-5(7)4-19-10(16)8(12)9(14)15/h1-3,8H,4H2,(H,14,15). The normalized spacial score (nSPS) is 11.7. The molecule has 0 spiro atoms. The maximum atomic E-state index is 11.2. The maximum Gasteiger partial charge on any atom is 0.336 e. The van der Waals surface area contributed by atoms with Crippen LogP contribution in [0.25, 0.3) is 0 Å². The monoisotopic (exact) mass is 307 g/mol. The van der Waals surface area contributed by atoms with Gasteiger partial charge in [0.15, 0.2) is 0 Å². The number of carboxylic acids is 1. The van der Waals surface area contributed by atoms with Gasteiger partial charge in [-0.05, 0) is 6.07 Å². The summed E-state index contributed by atoms with van der Waals surface area (Å²) in [6.45, 7) is -0.407. The largest absolute Gasteiger partial charge is 0.480 e. The van der Waals surface area contributed by atoms with Crippen molar-refractivity contribution in [1.29, 1.82) is 0 Å². The van der Waals surface area contributed by atoms with E-state index in [0.717, 1.165) is 6.07 Å². The van der Waals surface area contributed by atoms with Crippen molar-refractivity contribution >= 4 is 40.8 Å². The zero-order valence-electron chi connectivity index (χ0n) is 9.21. The number of non-ortho nitro benzene ring substituents is 1. The molecule has 0 saturated heterocycles. The second kappa shape index (κ2) is 6.35. The Morgan fingerprint density at radius 2 is 2.11 bits per heavy atom. The summed E-state index contributed by atoms with van der Waals surface area (Å²) in [6.07, 6.45) is 0. The Hall–Kier alpha value is -1.86. The molecule has 0 aliphatic carbocycles. The molecule has 0 fully saturated rings. The zero-order chi connectivity index (χ0) is 14.6. The Morgan fingerprint density at radius 3 is 2.63 bits per heavy atom. The first-order chi connectivity index (χ1) is 8.82. The SMILES string of the molecule is O=C(O)C(Cl)C(=O)OCc1cc([N+](=O)[O-])ccc1Cl. The van der Waals surface area contributed by atoms with Gasteiger partial charge in [0.25, 0.3) is 5.69 Å². The van der Waals surface area contributed by atoms with Crippen LogP contribution in [0.3, 0.4) is 0 Å². The lowest BCUT2D eigenvalue weighted by molar-refractivity contribution is -0.384. The first kappa shape index (κ1) is 15.2. The second-order valence-corrected chi connectivity index (χ2v) is 4.18. The number of nitrogens with zero attached hydrogens (tertiary/aromatic N) is 1. The van der Waals surface area contributed by atoms with Crippen LogP contribution in [0.1, 0.15) is 5.56 Å². The molecule has 1 aromatic rings. The highest BCUT2D eigenvalue weighted by Crippen LogP contribution is 2.23. The fourth-order valence-electron chi connectivity index (χ4n) is 1.11. The molecule has 1 atom stereocenters. The van der Waals surface area contributed by atoms with E-state index in [9.17, 15) is 19.7 Å². The number of nitro groups is 1. The van der Waals surface area contributed by atoms with Crippen molar-refractivity contribution in [3.63, 3.8) is 0 Å². The summed E-state index contributed by atoms with van der Waals surface area (Å²) in [7, 11) is 0. The number of rotatable bonds is 5. The molecule has 0 saturated carbocycles. The second-order valence-electron chi connectivity index (χ2n) is 3.34. The van der Waals surface area contributed by atoms with Crippen molar-refractivity contribution in [2.75, 3.05) is 0 Å². The lowest BCUT2D eigenvalue weighted by Gasteiger charge is -2.07. The van der Waals surface area contributed by atoms with Crippen molar-refractivity contribution < 1.29 is 24.4 Å². The van der Waals surface area contributed by atoms with Crippen LogP contribution in [0.2, 0.25) is 5.02 Å². The molecule has 1 unspecified atom stereocenters. The number of halogens is 2. The van der Waals surface area contributed by atoms with E-state index >= 15 is 0 Å². The predicted molar refractivity (Wildman–Crippen MR) is 65.2 cm³/mol. The van der Waals surface area contributed by atoms with E-state index in [4.69, 9.17) is 28.3 Å². The summed E-state index contributed by atoms with van der Waals surface area (Å²) in [4.78, 5) is 31.5. The number of benzene rings is 1. The van der Waals surface area contributed by atoms with E-state index in [1.165, 1.54) is 12.1 Å². The summed E-state index contributed by atoms with van der Waals surface area (Å²) < 4.78 is 4.61. The molecule has 1 N–H and O–H groups in total. The summed E-state index contributed by atoms with van der Waals surface area (Å²) in [6, 6.07) is 3.59. The minimum Gasteiger partial charge on any atom is -0.480 e. The van der Waals surface area contributed by atoms with Crippen LogP contribution in [0.4, 0.5) is 5.69 Å². The number of carbonyl (C=O) groups excluding carboxylic acids is 1. The highest BCUT2D eigenvalue weighted by Gasteiger charge is 2.25. The summed E-state index contributed by atoms with van der Waals surface area (Å²) in [5, 5.41) is 17.3. The third-order valence-corrected chi connectivity index (χ3v) is 2.77. The quantitative estimate of drug-likeness (QED) is 0.293. The molecular formula is C10H7Cl2NO6. The van der Waals surface area contributed by atoms with Crippen molar-refractivity contribution in [3.8, 4) is 0 Å². The fraction of sp³-hybridized carbons (Fsp3) is 0.200. The molecule has 0 heterocycles. The molecule has 1 rings (SSSR count). The minimum atomic E-state index is -1.84. The number of ether oxygens (including phenoxy) is 1. The number of alkyl halides is 1. The Bertz CT molecular complexity index is 533. The van der Waals surface area contributed by atoms with Crippen molar-refractivity contribution in [3.05, 3.63) is 38.9 Å². The average Bonchev–Trinajstić information content (AvgIpc) is 2.35. The molecule has 0 bridgehead atoms. The van der Waals surface area contributed by atoms with Gasteiger partial charge in [0, 0.05) is 22.7 Å². The Labute approximate surface area is 116 Å². The van der Waals surface area contributed by atoms with Crippen LogP contribution in [-0.2, 0) is 20.9 Å². The Morgan fingerprint density at radius 1 is 1.47 bits per heavy atom. The van der Waals surface area contributed by atoms with Gasteiger partial charge in [-0.2, -0.15) is 0 Å². The molecule has 0 aromatic heterocycles. The van der Waals surface area contributed by atoms with Crippen LogP contribution < -0.4 is 0 Å². The third-order valence-electron chi connectivity index (χ3n) is 2.03. The van der Waals surface area contributed by atoms with Gasteiger partial charge in [0.05, 0.1) is 4.92 Å². The molecule has 19 heavy (non-hydrogen) atoms. The third kappa shape index (κ3) is 4.08. The van der Waals surface area contributed by atoms with Crippen molar-refractivity contribution in [2.24, 2.45) is 0 Å². The average molecular weight is 308 g/mol. The summed E-state index contributed by atoms with van der Waals surface area (Å²) in [5.41, 5.74) is -0.0467. The van der Waals surface area contributed by atoms with Gasteiger partial charge < -0.3 is 9.84 Å². The highest BCUT2D eigenvalue weighted by atomic mass is 35.5. The van der Waals surface area contributed by atoms with Crippen LogP contribution in [0.5, 0.6) is 0 Å². The molecule has 0 amide bonds. The number of carbonyl (C=O) groups is 2. The van der Waals surface area contributed by atoms with Gasteiger partial charge in [-0.3, -0.25) is 10.1 Å². The van der Waals surface area contributed by atoms with Gasteiger partial charge in [0.1, 0.15) is 6.61 Å². The zero-order valence-corrected chi connectivity index (χ0v) is 10.7. The molecule has 102 valence electrons. The van der Waals surface area contributed by atoms with Gasteiger partial charge in [-0.1, -0.05) is 23.2 Å². The highest BCUT2D eigenvalue weighted by molar-refractivity contribution is 6.39. The minimum absolute atomic E-state index is 0.153. The molecule has 1 aromatic carbocycles. The van der Waals surface area contributed by atoms with E-state index in [0.29, 0.717) is 0 Å². The van der Waals surface area contributed by atoms with Gasteiger partial charge in [-0.25, -0.2) is 9.59 Å². The molecule has 9 heteroatoms. The van der Waals surface area contributed by atoms with Crippen LogP contribution >= 0.6 is 23.2 Å². The number of hydrogen-bond acceptors (Lipinski definition) is 5. The topological polar surface area (TPSA) is 107 Å². The van der Waals surface area contributed by atoms with Gasteiger partial charge >= 0.3 is 11.9 Å². The number of nitro benzene ring substituents is 1. The molecule has 0 aliphatic rings. The van der Waals surface area contributed by atoms with Gasteiger partial charge in [0.2, 0.25) is 5.38 Å². The molecular weight excluding hydrogens is 301 g/mol. The fourth-order valence-corrected chi connectivity index (χ4v) is 1.34. The summed E-state index contributed by atoms with van der Waals surface area (Å²) >= 11 is 11.0. The number of carboxylic acid groups (broad SMARTS) is 1. The van der Waals surface area contributed by atoms with Crippen LogP contribution in [0.15, 0.2) is 18.2 Å². The van der Waals surface area contributed by atoms with Crippen molar-refractivity contribution in [2.45, 2.75) is 12.0 Å². The van der Waals surface area contributed by atoms with Crippen molar-refractivity contribution in [1.82, 2.24) is 0 Å². The van der Waals surface area contributed by atoms with E-state index in [1.54, 1.807) is 0 Å². The van der Waals surface area contributed by atoms with E-state index in [2.05, 4.69) is 4.74 Å². The first-order valence-corrected chi connectivity index (χ1v) is 5.60. The lowest BCUT2D eigenvalue weighted by atomic mass is 10.2. The molecule has 7 nitrogen and oxygen atoms in total. The predicted octanol–water partition coefficient (Wildman–Crippen LogP) is 1.98. The first-order valence-electron chi connectivity index (χ1n) is 4.79. The Kier molecular flexibility index (Phi) is 5.08. The van der Waals surface area contributed by atoms with Crippen LogP contribution in [0, 0.1) is 10.1 Å². The Balaban J connectivity index is 2.77. The lowest BCUT2D eigenvalue weighted by Crippen LogP contribution is -2.26. The van der Waals surface area contributed by atoms with E-state index in [1.807, 2.05) is 0 Å². The maximum absolute atomic E-state index is 11.2. The van der Waals surface area contributed by atoms with Gasteiger partial charge in [-0.15, -0.1) is 0 Å². The molecule has 0 aliphatic heterocycles.